The van der Waals surface area contributed by atoms with Crippen LogP contribution in [0.15, 0.2) is 48.5 Å². The van der Waals surface area contributed by atoms with Gasteiger partial charge in [0, 0.05) is 31.4 Å². The molecule has 3 heteroatoms. The normalized spacial score (nSPS) is 9.67. The molecule has 0 spiro atoms. The zero-order valence-electron chi connectivity index (χ0n) is 12.5. The maximum absolute atomic E-state index is 5.82. The van der Waals surface area contributed by atoms with Crippen molar-refractivity contribution < 1.29 is 4.74 Å². The largest absolute Gasteiger partial charge is 0.489 e. The molecule has 0 saturated carbocycles. The number of rotatable bonds is 4. The molecule has 0 amide bonds. The number of ether oxygens (including phenoxy) is 1. The molecule has 21 heavy (non-hydrogen) atoms. The summed E-state index contributed by atoms with van der Waals surface area (Å²) in [6, 6.07) is 16.1. The molecule has 0 saturated heterocycles. The Morgan fingerprint density at radius 2 is 1.86 bits per heavy atom. The van der Waals surface area contributed by atoms with E-state index in [0.717, 1.165) is 22.6 Å². The summed E-state index contributed by atoms with van der Waals surface area (Å²) in [7, 11) is 4.03. The molecule has 0 aliphatic rings. The smallest absolute Gasteiger partial charge is 0.121 e. The van der Waals surface area contributed by atoms with Crippen LogP contribution in [0.4, 0.5) is 5.69 Å². The quantitative estimate of drug-likeness (QED) is 0.875. The lowest BCUT2D eigenvalue weighted by atomic mass is 10.1. The molecule has 0 fully saturated rings. The first-order valence-corrected chi connectivity index (χ1v) is 6.87. The van der Waals surface area contributed by atoms with Crippen LogP contribution in [-0.4, -0.2) is 20.6 Å². The first-order chi connectivity index (χ1) is 10.2. The Hall–Kier alpha value is -2.44. The number of anilines is 1. The average molecular weight is 280 g/mol. The van der Waals surface area contributed by atoms with Crippen molar-refractivity contribution in [2.24, 2.45) is 5.73 Å². The Bertz CT molecular complexity index is 636. The minimum absolute atomic E-state index is 0.382. The van der Waals surface area contributed by atoms with Gasteiger partial charge in [0.05, 0.1) is 6.54 Å². The van der Waals surface area contributed by atoms with Crippen LogP contribution in [0, 0.1) is 11.8 Å². The van der Waals surface area contributed by atoms with Crippen molar-refractivity contribution >= 4 is 5.69 Å². The number of nitrogens with zero attached hydrogens (tertiary/aromatic N) is 1. The van der Waals surface area contributed by atoms with Crippen LogP contribution in [0.3, 0.4) is 0 Å². The highest BCUT2D eigenvalue weighted by Gasteiger charge is 1.99. The number of hydrogen-bond acceptors (Lipinski definition) is 3. The highest BCUT2D eigenvalue weighted by atomic mass is 16.5. The van der Waals surface area contributed by atoms with Crippen molar-refractivity contribution in [1.82, 2.24) is 0 Å². The van der Waals surface area contributed by atoms with Crippen LogP contribution in [0.25, 0.3) is 0 Å². The predicted molar refractivity (Wildman–Crippen MR) is 87.5 cm³/mol. The third-order valence-corrected chi connectivity index (χ3v) is 3.03. The van der Waals surface area contributed by atoms with Crippen molar-refractivity contribution in [2.45, 2.75) is 6.61 Å². The standard InChI is InChI=1S/C18H20N2O/c1-20(2)17-6-3-7-18(13-17)21-14-16-10-8-15(9-11-16)5-4-12-19/h3,6-11,13H,12,14,19H2,1-2H3. The van der Waals surface area contributed by atoms with E-state index in [-0.39, 0.29) is 0 Å². The average Bonchev–Trinajstić information content (AvgIpc) is 2.52. The molecule has 0 atom stereocenters. The van der Waals surface area contributed by atoms with Crippen LogP contribution >= 0.6 is 0 Å². The van der Waals surface area contributed by atoms with Crippen molar-refractivity contribution in [3.05, 3.63) is 59.7 Å². The van der Waals surface area contributed by atoms with Gasteiger partial charge >= 0.3 is 0 Å². The molecular formula is C18H20N2O. The minimum atomic E-state index is 0.382. The highest BCUT2D eigenvalue weighted by Crippen LogP contribution is 2.20. The van der Waals surface area contributed by atoms with E-state index in [2.05, 4.69) is 22.8 Å². The first-order valence-electron chi connectivity index (χ1n) is 6.87. The van der Waals surface area contributed by atoms with Gasteiger partial charge in [-0.2, -0.15) is 0 Å². The van der Waals surface area contributed by atoms with Crippen LogP contribution < -0.4 is 15.4 Å². The Morgan fingerprint density at radius 1 is 1.10 bits per heavy atom. The molecule has 0 aliphatic heterocycles. The molecule has 0 aliphatic carbocycles. The van der Waals surface area contributed by atoms with Gasteiger partial charge in [-0.1, -0.05) is 30.0 Å². The summed E-state index contributed by atoms with van der Waals surface area (Å²) in [5.41, 5.74) is 8.57. The molecule has 0 aromatic heterocycles. The predicted octanol–water partition coefficient (Wildman–Crippen LogP) is 2.64. The molecular weight excluding hydrogens is 260 g/mol. The summed E-state index contributed by atoms with van der Waals surface area (Å²) >= 11 is 0. The van der Waals surface area contributed by atoms with Crippen molar-refractivity contribution in [3.8, 4) is 17.6 Å². The fourth-order valence-electron chi connectivity index (χ4n) is 1.86. The number of hydrogen-bond donors (Lipinski definition) is 1. The van der Waals surface area contributed by atoms with Gasteiger partial charge in [0.15, 0.2) is 0 Å². The van der Waals surface area contributed by atoms with Gasteiger partial charge < -0.3 is 15.4 Å². The second kappa shape index (κ2) is 7.37. The van der Waals surface area contributed by atoms with Gasteiger partial charge in [-0.15, -0.1) is 0 Å². The van der Waals surface area contributed by atoms with Gasteiger partial charge in [0.1, 0.15) is 12.4 Å². The van der Waals surface area contributed by atoms with Crippen LogP contribution in [-0.2, 0) is 6.61 Å². The van der Waals surface area contributed by atoms with E-state index in [4.69, 9.17) is 10.5 Å². The van der Waals surface area contributed by atoms with Gasteiger partial charge in [-0.05, 0) is 29.8 Å². The molecule has 2 aromatic carbocycles. The lowest BCUT2D eigenvalue weighted by Crippen LogP contribution is -2.08. The Morgan fingerprint density at radius 3 is 2.52 bits per heavy atom. The number of benzene rings is 2. The summed E-state index contributed by atoms with van der Waals surface area (Å²) in [5, 5.41) is 0. The molecule has 0 heterocycles. The number of nitrogens with two attached hydrogens (primary N) is 1. The van der Waals surface area contributed by atoms with E-state index in [9.17, 15) is 0 Å². The van der Waals surface area contributed by atoms with Crippen molar-refractivity contribution in [3.63, 3.8) is 0 Å². The van der Waals surface area contributed by atoms with Gasteiger partial charge in [-0.3, -0.25) is 0 Å². The molecule has 2 N–H and O–H groups in total. The van der Waals surface area contributed by atoms with E-state index in [1.165, 1.54) is 0 Å². The van der Waals surface area contributed by atoms with Crippen LogP contribution in [0.5, 0.6) is 5.75 Å². The van der Waals surface area contributed by atoms with Gasteiger partial charge in [-0.25, -0.2) is 0 Å². The fraction of sp³-hybridized carbons (Fsp3) is 0.222. The Balaban J connectivity index is 1.98. The summed E-state index contributed by atoms with van der Waals surface area (Å²) < 4.78 is 5.82. The Kier molecular flexibility index (Phi) is 5.25. The summed E-state index contributed by atoms with van der Waals surface area (Å²) in [5.74, 6) is 6.71. The third-order valence-electron chi connectivity index (χ3n) is 3.03. The third kappa shape index (κ3) is 4.55. The molecule has 3 nitrogen and oxygen atoms in total. The zero-order chi connectivity index (χ0) is 15.1. The topological polar surface area (TPSA) is 38.5 Å². The molecule has 2 aromatic rings. The van der Waals surface area contributed by atoms with Crippen molar-refractivity contribution in [1.29, 1.82) is 0 Å². The summed E-state index contributed by atoms with van der Waals surface area (Å²) in [4.78, 5) is 2.05. The molecule has 2 rings (SSSR count). The lowest BCUT2D eigenvalue weighted by Gasteiger charge is -2.14. The van der Waals surface area contributed by atoms with E-state index in [1.807, 2.05) is 56.6 Å². The molecule has 0 unspecified atom stereocenters. The van der Waals surface area contributed by atoms with Crippen molar-refractivity contribution in [2.75, 3.05) is 25.5 Å². The molecule has 0 bridgehead atoms. The second-order valence-corrected chi connectivity index (χ2v) is 4.88. The van der Waals surface area contributed by atoms with Gasteiger partial charge in [0.2, 0.25) is 0 Å². The Labute approximate surface area is 126 Å². The summed E-state index contributed by atoms with van der Waals surface area (Å²) in [6.45, 7) is 0.925. The SMILES string of the molecule is CN(C)c1cccc(OCc2ccc(C#CCN)cc2)c1. The highest BCUT2D eigenvalue weighted by molar-refractivity contribution is 5.49. The van der Waals surface area contributed by atoms with E-state index < -0.39 is 0 Å². The minimum Gasteiger partial charge on any atom is -0.489 e. The van der Waals surface area contributed by atoms with Crippen LogP contribution in [0.2, 0.25) is 0 Å². The molecule has 0 radical (unpaired) electrons. The monoisotopic (exact) mass is 280 g/mol. The van der Waals surface area contributed by atoms with Crippen LogP contribution in [0.1, 0.15) is 11.1 Å². The van der Waals surface area contributed by atoms with E-state index in [1.54, 1.807) is 0 Å². The van der Waals surface area contributed by atoms with Gasteiger partial charge in [0.25, 0.3) is 0 Å². The second-order valence-electron chi connectivity index (χ2n) is 4.88. The van der Waals surface area contributed by atoms with E-state index >= 15 is 0 Å². The summed E-state index contributed by atoms with van der Waals surface area (Å²) in [6.07, 6.45) is 0. The maximum Gasteiger partial charge on any atom is 0.121 e. The van der Waals surface area contributed by atoms with E-state index in [0.29, 0.717) is 13.2 Å². The zero-order valence-corrected chi connectivity index (χ0v) is 12.5. The fourth-order valence-corrected chi connectivity index (χ4v) is 1.86. The lowest BCUT2D eigenvalue weighted by molar-refractivity contribution is 0.306. The maximum atomic E-state index is 5.82. The molecule has 108 valence electrons. The first kappa shape index (κ1) is 15.0.